The number of benzene rings is 1. The fraction of sp³-hybridized carbons (Fsp3) is 0.522. The molecule has 1 unspecified atom stereocenters. The largest absolute Gasteiger partial charge is 0.494 e. The molecule has 1 fully saturated rings. The average molecular weight is 474 g/mol. The van der Waals surface area contributed by atoms with E-state index < -0.39 is 5.82 Å². The molecule has 1 aliphatic heterocycles. The van der Waals surface area contributed by atoms with Crippen molar-refractivity contribution in [2.75, 3.05) is 45.3 Å². The van der Waals surface area contributed by atoms with Gasteiger partial charge in [0, 0.05) is 49.8 Å². The number of likely N-dealkylation sites (N-methyl/N-ethyl adjacent to an activating group) is 1. The van der Waals surface area contributed by atoms with E-state index in [1.807, 2.05) is 10.8 Å². The summed E-state index contributed by atoms with van der Waals surface area (Å²) in [6, 6.07) is 5.11. The maximum atomic E-state index is 14.1. The number of hydrogen-bond donors (Lipinski definition) is 4. The highest BCUT2D eigenvalue weighted by Gasteiger charge is 2.21. The quantitative estimate of drug-likeness (QED) is 0.223. The third-order valence-corrected chi connectivity index (χ3v) is 5.72. The number of aryl methyl sites for hydroxylation is 1. The van der Waals surface area contributed by atoms with Crippen molar-refractivity contribution in [1.29, 1.82) is 0 Å². The number of anilines is 1. The van der Waals surface area contributed by atoms with E-state index in [0.29, 0.717) is 24.9 Å². The molecule has 0 spiro atoms. The summed E-state index contributed by atoms with van der Waals surface area (Å²) in [6.45, 7) is 7.08. The number of likely N-dealkylation sites (tertiary alicyclic amines) is 1. The van der Waals surface area contributed by atoms with Gasteiger partial charge in [-0.25, -0.2) is 14.4 Å². The van der Waals surface area contributed by atoms with Crippen molar-refractivity contribution < 1.29 is 9.13 Å². The highest BCUT2D eigenvalue weighted by Crippen LogP contribution is 2.20. The lowest BCUT2D eigenvalue weighted by Gasteiger charge is -2.22. The van der Waals surface area contributed by atoms with Gasteiger partial charge in [0.1, 0.15) is 0 Å². The molecule has 11 heteroatoms. The number of nitrogens with zero attached hydrogens (tertiary/aromatic N) is 5. The summed E-state index contributed by atoms with van der Waals surface area (Å²) in [5, 5.41) is 9.52. The Kier molecular flexibility index (Phi) is 10.1. The van der Waals surface area contributed by atoms with Gasteiger partial charge in [-0.2, -0.15) is 4.99 Å². The maximum Gasteiger partial charge on any atom is 0.227 e. The van der Waals surface area contributed by atoms with Crippen LogP contribution in [0, 0.1) is 5.82 Å². The average Bonchev–Trinajstić information content (AvgIpc) is 3.51. The first-order valence-electron chi connectivity index (χ1n) is 11.7. The fourth-order valence-electron chi connectivity index (χ4n) is 3.93. The van der Waals surface area contributed by atoms with Crippen LogP contribution in [0.15, 0.2) is 46.9 Å². The van der Waals surface area contributed by atoms with Crippen LogP contribution in [0.25, 0.3) is 0 Å². The van der Waals surface area contributed by atoms with E-state index in [-0.39, 0.29) is 17.7 Å². The summed E-state index contributed by atoms with van der Waals surface area (Å²) >= 11 is 0. The van der Waals surface area contributed by atoms with Crippen LogP contribution in [0.2, 0.25) is 0 Å². The van der Waals surface area contributed by atoms with Crippen LogP contribution >= 0.6 is 0 Å². The molecule has 1 aromatic heterocycles. The number of guanidine groups is 2. The molecule has 2 heterocycles. The first-order valence-corrected chi connectivity index (χ1v) is 11.7. The standard InChI is InChI=1S/C23H36FN9O/c1-3-33-12-4-6-19(33)15-27-16-29-23(30-18-7-8-21(34-2)20(24)14-18)31-22(25)28-9-5-11-32-13-10-26-17-32/h7-8,10,13-14,17,19,27H,3-6,9,11-12,15-16H2,1-2H3,(H4,25,28,29,30,31). The number of nitrogens with two attached hydrogens (primary N) is 1. The fourth-order valence-corrected chi connectivity index (χ4v) is 3.93. The molecule has 0 amide bonds. The second-order valence-electron chi connectivity index (χ2n) is 8.07. The van der Waals surface area contributed by atoms with Crippen molar-refractivity contribution >= 4 is 17.6 Å². The van der Waals surface area contributed by atoms with Gasteiger partial charge < -0.3 is 25.7 Å². The van der Waals surface area contributed by atoms with E-state index in [0.717, 1.165) is 32.6 Å². The van der Waals surface area contributed by atoms with Crippen molar-refractivity contribution in [1.82, 2.24) is 25.1 Å². The molecule has 5 N–H and O–H groups in total. The number of halogens is 1. The highest BCUT2D eigenvalue weighted by molar-refractivity contribution is 6.01. The van der Waals surface area contributed by atoms with E-state index in [4.69, 9.17) is 10.5 Å². The van der Waals surface area contributed by atoms with Crippen molar-refractivity contribution in [2.24, 2.45) is 15.7 Å². The first-order chi connectivity index (χ1) is 16.6. The summed E-state index contributed by atoms with van der Waals surface area (Å²) < 4.78 is 21.1. The van der Waals surface area contributed by atoms with E-state index in [1.165, 1.54) is 26.0 Å². The summed E-state index contributed by atoms with van der Waals surface area (Å²) in [6.07, 6.45) is 8.71. The summed E-state index contributed by atoms with van der Waals surface area (Å²) in [7, 11) is 1.43. The number of imidazole rings is 1. The molecule has 0 aliphatic carbocycles. The van der Waals surface area contributed by atoms with E-state index >= 15 is 0 Å². The molecular weight excluding hydrogens is 437 g/mol. The van der Waals surface area contributed by atoms with Gasteiger partial charge in [0.05, 0.1) is 20.1 Å². The molecule has 3 rings (SSSR count). The van der Waals surface area contributed by atoms with Crippen LogP contribution in [-0.4, -0.2) is 72.4 Å². The molecule has 10 nitrogen and oxygen atoms in total. The van der Waals surface area contributed by atoms with Crippen molar-refractivity contribution in [3.05, 3.63) is 42.7 Å². The van der Waals surface area contributed by atoms with Gasteiger partial charge in [0.2, 0.25) is 5.96 Å². The Morgan fingerprint density at radius 2 is 2.26 bits per heavy atom. The Morgan fingerprint density at radius 1 is 1.38 bits per heavy atom. The predicted octanol–water partition coefficient (Wildman–Crippen LogP) is 1.82. The second kappa shape index (κ2) is 13.5. The van der Waals surface area contributed by atoms with Gasteiger partial charge in [0.25, 0.3) is 0 Å². The van der Waals surface area contributed by atoms with Crippen LogP contribution in [0.3, 0.4) is 0 Å². The number of ether oxygens (including phenoxy) is 1. The zero-order valence-electron chi connectivity index (χ0n) is 20.0. The topological polar surface area (TPSA) is 117 Å². The van der Waals surface area contributed by atoms with Gasteiger partial charge in [-0.1, -0.05) is 6.92 Å². The Morgan fingerprint density at radius 3 is 3.00 bits per heavy atom. The number of aliphatic imine (C=N–C) groups is 2. The molecule has 1 aromatic carbocycles. The van der Waals surface area contributed by atoms with Crippen LogP contribution < -0.4 is 26.4 Å². The van der Waals surface area contributed by atoms with Crippen molar-refractivity contribution in [3.8, 4) is 5.75 Å². The molecule has 186 valence electrons. The Balaban J connectivity index is 1.58. The van der Waals surface area contributed by atoms with Gasteiger partial charge in [-0.05, 0) is 44.5 Å². The molecule has 1 aliphatic rings. The van der Waals surface area contributed by atoms with Gasteiger partial charge in [-0.15, -0.1) is 0 Å². The number of aromatic nitrogens is 2. The zero-order chi connectivity index (χ0) is 24.2. The predicted molar refractivity (Wildman–Crippen MR) is 134 cm³/mol. The summed E-state index contributed by atoms with van der Waals surface area (Å²) in [4.78, 5) is 15.4. The Bertz CT molecular complexity index is 933. The molecule has 0 radical (unpaired) electrons. The van der Waals surface area contributed by atoms with E-state index in [2.05, 4.69) is 42.7 Å². The van der Waals surface area contributed by atoms with Crippen molar-refractivity contribution in [2.45, 2.75) is 38.8 Å². The minimum atomic E-state index is -0.472. The highest BCUT2D eigenvalue weighted by atomic mass is 19.1. The first kappa shape index (κ1) is 25.4. The lowest BCUT2D eigenvalue weighted by Crippen LogP contribution is -2.38. The molecule has 1 atom stereocenters. The lowest BCUT2D eigenvalue weighted by molar-refractivity contribution is 0.261. The molecule has 0 saturated carbocycles. The minimum absolute atomic E-state index is 0.172. The van der Waals surface area contributed by atoms with E-state index in [1.54, 1.807) is 24.7 Å². The van der Waals surface area contributed by atoms with Crippen LogP contribution in [0.4, 0.5) is 10.1 Å². The summed E-state index contributed by atoms with van der Waals surface area (Å²) in [5.74, 6) is 0.222. The summed E-state index contributed by atoms with van der Waals surface area (Å²) in [5.41, 5.74) is 6.58. The number of hydrogen-bond acceptors (Lipinski definition) is 5. The molecule has 34 heavy (non-hydrogen) atoms. The number of rotatable bonds is 11. The lowest BCUT2D eigenvalue weighted by atomic mass is 10.2. The molecule has 0 bridgehead atoms. The monoisotopic (exact) mass is 473 g/mol. The SMILES string of the molecule is CCN1CCCC1CNC/N=C(\N=C(/N)NCCCn1ccnc1)Nc1ccc(OC)c(F)c1. The third kappa shape index (κ3) is 7.99. The van der Waals surface area contributed by atoms with Crippen LogP contribution in [-0.2, 0) is 6.54 Å². The smallest absolute Gasteiger partial charge is 0.227 e. The van der Waals surface area contributed by atoms with Gasteiger partial charge in [-0.3, -0.25) is 10.2 Å². The Labute approximate surface area is 200 Å². The van der Waals surface area contributed by atoms with Crippen LogP contribution in [0.1, 0.15) is 26.2 Å². The second-order valence-corrected chi connectivity index (χ2v) is 8.07. The van der Waals surface area contributed by atoms with Gasteiger partial charge in [0.15, 0.2) is 17.5 Å². The maximum absolute atomic E-state index is 14.1. The number of methoxy groups -OCH3 is 1. The molecule has 1 saturated heterocycles. The molecular formula is C23H36FN9O. The van der Waals surface area contributed by atoms with E-state index in [9.17, 15) is 4.39 Å². The zero-order valence-corrected chi connectivity index (χ0v) is 20.0. The van der Waals surface area contributed by atoms with Crippen LogP contribution in [0.5, 0.6) is 5.75 Å². The van der Waals surface area contributed by atoms with Gasteiger partial charge >= 0.3 is 0 Å². The molecule has 2 aromatic rings. The van der Waals surface area contributed by atoms with Crippen molar-refractivity contribution in [3.63, 3.8) is 0 Å². The normalized spacial score (nSPS) is 17.2. The number of nitrogens with one attached hydrogen (secondary N) is 3. The minimum Gasteiger partial charge on any atom is -0.494 e. The Hall–Kier alpha value is -3.18. The third-order valence-electron chi connectivity index (χ3n) is 5.72.